The van der Waals surface area contributed by atoms with Crippen LogP contribution in [-0.4, -0.2) is 19.5 Å². The van der Waals surface area contributed by atoms with Crippen LogP contribution in [0.4, 0.5) is 4.39 Å². The summed E-state index contributed by atoms with van der Waals surface area (Å²) in [5.74, 6) is -0.236. The minimum Gasteiger partial charge on any atom is -0.347 e. The van der Waals surface area contributed by atoms with Crippen molar-refractivity contribution in [2.75, 3.05) is 13.2 Å². The highest BCUT2D eigenvalue weighted by Crippen LogP contribution is 2.09. The predicted octanol–water partition coefficient (Wildman–Crippen LogP) is 2.21. The highest BCUT2D eigenvalue weighted by Gasteiger charge is 2.11. The van der Waals surface area contributed by atoms with E-state index in [0.29, 0.717) is 13.2 Å². The van der Waals surface area contributed by atoms with Gasteiger partial charge >= 0.3 is 0 Å². The summed E-state index contributed by atoms with van der Waals surface area (Å²) in [5.41, 5.74) is 0.809. The molecule has 0 aromatic heterocycles. The van der Waals surface area contributed by atoms with Crippen LogP contribution in [0.5, 0.6) is 0 Å². The smallest absolute Gasteiger partial charge is 0.177 e. The maximum absolute atomic E-state index is 12.8. The van der Waals surface area contributed by atoms with Crippen molar-refractivity contribution in [3.8, 4) is 0 Å². The molecule has 0 unspecified atom stereocenters. The van der Waals surface area contributed by atoms with E-state index in [0.717, 1.165) is 5.56 Å². The second-order valence-electron chi connectivity index (χ2n) is 3.02. The van der Waals surface area contributed by atoms with Crippen molar-refractivity contribution in [3.05, 3.63) is 41.7 Å². The molecule has 2 nitrogen and oxygen atoms in total. The van der Waals surface area contributed by atoms with E-state index in [4.69, 9.17) is 9.47 Å². The highest BCUT2D eigenvalue weighted by atomic mass is 19.1. The van der Waals surface area contributed by atoms with E-state index in [-0.39, 0.29) is 12.1 Å². The van der Waals surface area contributed by atoms with Gasteiger partial charge in [-0.05, 0) is 23.8 Å². The number of benzene rings is 1. The predicted molar refractivity (Wildman–Crippen MR) is 51.1 cm³/mol. The average Bonchev–Trinajstić information content (AvgIpc) is 2.67. The summed E-state index contributed by atoms with van der Waals surface area (Å²) < 4.78 is 23.2. The summed E-state index contributed by atoms with van der Waals surface area (Å²) in [6, 6.07) is 6.38. The first-order valence-electron chi connectivity index (χ1n) is 4.51. The van der Waals surface area contributed by atoms with Crippen molar-refractivity contribution in [1.82, 2.24) is 0 Å². The van der Waals surface area contributed by atoms with E-state index in [9.17, 15) is 4.39 Å². The fourth-order valence-corrected chi connectivity index (χ4v) is 1.29. The molecule has 1 aromatic carbocycles. The molecule has 0 aliphatic carbocycles. The van der Waals surface area contributed by atoms with Crippen LogP contribution in [0.25, 0.3) is 6.08 Å². The van der Waals surface area contributed by atoms with E-state index < -0.39 is 0 Å². The molecule has 0 bridgehead atoms. The maximum Gasteiger partial charge on any atom is 0.177 e. The maximum atomic E-state index is 12.8. The Bertz CT molecular complexity index is 330. The molecule has 2 rings (SSSR count). The number of halogens is 1. The molecule has 14 heavy (non-hydrogen) atoms. The van der Waals surface area contributed by atoms with Crippen LogP contribution in [0.1, 0.15) is 5.56 Å². The van der Waals surface area contributed by atoms with E-state index in [2.05, 4.69) is 0 Å². The van der Waals surface area contributed by atoms with Gasteiger partial charge in [-0.3, -0.25) is 0 Å². The normalized spacial score (nSPS) is 18.1. The first kappa shape index (κ1) is 9.37. The zero-order valence-electron chi connectivity index (χ0n) is 7.65. The minimum atomic E-state index is -0.279. The van der Waals surface area contributed by atoms with E-state index in [1.54, 1.807) is 18.2 Å². The molecule has 1 heterocycles. The van der Waals surface area contributed by atoms with Gasteiger partial charge in [-0.15, -0.1) is 0 Å². The van der Waals surface area contributed by atoms with E-state index in [1.165, 1.54) is 12.1 Å². The molecule has 0 amide bonds. The van der Waals surface area contributed by atoms with Crippen LogP contribution in [-0.2, 0) is 9.47 Å². The summed E-state index contributed by atoms with van der Waals surface area (Å²) in [7, 11) is 0. The molecule has 3 heteroatoms. The van der Waals surface area contributed by atoms with Crippen LogP contribution in [0.3, 0.4) is 0 Å². The van der Waals surface area contributed by atoms with Gasteiger partial charge in [0.05, 0.1) is 13.2 Å². The highest BCUT2D eigenvalue weighted by molar-refractivity contribution is 5.49. The van der Waals surface area contributed by atoms with Gasteiger partial charge < -0.3 is 9.47 Å². The van der Waals surface area contributed by atoms with Gasteiger partial charge in [-0.2, -0.15) is 0 Å². The van der Waals surface area contributed by atoms with Gasteiger partial charge in [0.1, 0.15) is 5.82 Å². The molecule has 1 fully saturated rings. The Morgan fingerprint density at radius 3 is 2.79 bits per heavy atom. The molecular formula is C11H11FO2. The van der Waals surface area contributed by atoms with Crippen molar-refractivity contribution < 1.29 is 13.9 Å². The molecule has 1 aliphatic rings. The first-order chi connectivity index (χ1) is 6.84. The van der Waals surface area contributed by atoms with Crippen LogP contribution < -0.4 is 0 Å². The number of hydrogen-bond acceptors (Lipinski definition) is 2. The molecule has 0 saturated carbocycles. The van der Waals surface area contributed by atoms with Gasteiger partial charge in [0, 0.05) is 0 Å². The second kappa shape index (κ2) is 4.35. The molecule has 0 spiro atoms. The number of ether oxygens (including phenoxy) is 2. The Labute approximate surface area is 82.0 Å². The zero-order valence-corrected chi connectivity index (χ0v) is 7.65. The first-order valence-corrected chi connectivity index (χ1v) is 4.51. The van der Waals surface area contributed by atoms with Crippen LogP contribution >= 0.6 is 0 Å². The third kappa shape index (κ3) is 2.40. The van der Waals surface area contributed by atoms with E-state index in [1.807, 2.05) is 6.07 Å². The largest absolute Gasteiger partial charge is 0.347 e. The summed E-state index contributed by atoms with van der Waals surface area (Å²) >= 11 is 0. The lowest BCUT2D eigenvalue weighted by molar-refractivity contribution is -0.000908. The molecule has 1 saturated heterocycles. The summed E-state index contributed by atoms with van der Waals surface area (Å²) in [4.78, 5) is 0. The molecule has 74 valence electrons. The SMILES string of the molecule is Fc1cccc(/C=C/C2OCCO2)c1. The molecule has 0 N–H and O–H groups in total. The third-order valence-electron chi connectivity index (χ3n) is 1.94. The van der Waals surface area contributed by atoms with Gasteiger partial charge in [0.15, 0.2) is 6.29 Å². The van der Waals surface area contributed by atoms with Gasteiger partial charge in [0.2, 0.25) is 0 Å². The molecule has 1 aromatic rings. The lowest BCUT2D eigenvalue weighted by atomic mass is 10.2. The lowest BCUT2D eigenvalue weighted by Gasteiger charge is -2.01. The topological polar surface area (TPSA) is 18.5 Å². The Hall–Kier alpha value is -1.19. The van der Waals surface area contributed by atoms with Crippen LogP contribution in [0.2, 0.25) is 0 Å². The summed E-state index contributed by atoms with van der Waals surface area (Å²) in [6.45, 7) is 1.25. The fraction of sp³-hybridized carbons (Fsp3) is 0.273. The second-order valence-corrected chi connectivity index (χ2v) is 3.02. The lowest BCUT2D eigenvalue weighted by Crippen LogP contribution is -2.01. The van der Waals surface area contributed by atoms with Crippen LogP contribution in [0.15, 0.2) is 30.3 Å². The zero-order chi connectivity index (χ0) is 9.80. The average molecular weight is 194 g/mol. The van der Waals surface area contributed by atoms with Gasteiger partial charge in [0.25, 0.3) is 0 Å². The van der Waals surface area contributed by atoms with Gasteiger partial charge in [-0.1, -0.05) is 18.2 Å². The molecule has 1 aliphatic heterocycles. The minimum absolute atomic E-state index is 0.236. The van der Waals surface area contributed by atoms with Crippen molar-refractivity contribution in [1.29, 1.82) is 0 Å². The summed E-state index contributed by atoms with van der Waals surface area (Å²) in [6.07, 6.45) is 3.29. The third-order valence-corrected chi connectivity index (χ3v) is 1.94. The quantitative estimate of drug-likeness (QED) is 0.718. The molecular weight excluding hydrogens is 183 g/mol. The standard InChI is InChI=1S/C11H11FO2/c12-10-3-1-2-9(8-10)4-5-11-13-6-7-14-11/h1-5,8,11H,6-7H2/b5-4+. The fourth-order valence-electron chi connectivity index (χ4n) is 1.29. The monoisotopic (exact) mass is 194 g/mol. The summed E-state index contributed by atoms with van der Waals surface area (Å²) in [5, 5.41) is 0. The Kier molecular flexibility index (Phi) is 2.91. The number of rotatable bonds is 2. The Morgan fingerprint density at radius 1 is 1.29 bits per heavy atom. The Morgan fingerprint density at radius 2 is 2.07 bits per heavy atom. The van der Waals surface area contributed by atoms with E-state index >= 15 is 0 Å². The number of hydrogen-bond donors (Lipinski definition) is 0. The van der Waals surface area contributed by atoms with Crippen LogP contribution in [0, 0.1) is 5.82 Å². The van der Waals surface area contributed by atoms with Crippen molar-refractivity contribution in [2.24, 2.45) is 0 Å². The van der Waals surface area contributed by atoms with Crippen molar-refractivity contribution in [3.63, 3.8) is 0 Å². The Balaban J connectivity index is 2.02. The van der Waals surface area contributed by atoms with Gasteiger partial charge in [-0.25, -0.2) is 4.39 Å². The van der Waals surface area contributed by atoms with Crippen molar-refractivity contribution >= 4 is 6.08 Å². The van der Waals surface area contributed by atoms with Crippen molar-refractivity contribution in [2.45, 2.75) is 6.29 Å². The molecule has 0 atom stereocenters. The molecule has 0 radical (unpaired) electrons.